The number of benzene rings is 1. The van der Waals surface area contributed by atoms with Crippen LogP contribution in [-0.4, -0.2) is 7.05 Å². The third-order valence-electron chi connectivity index (χ3n) is 3.20. The summed E-state index contributed by atoms with van der Waals surface area (Å²) in [6, 6.07) is 5.52. The summed E-state index contributed by atoms with van der Waals surface area (Å²) in [5, 5.41) is 3.21. The zero-order chi connectivity index (χ0) is 11.5. The molecule has 2 rings (SSSR count). The largest absolute Gasteiger partial charge is 0.310 e. The van der Waals surface area contributed by atoms with Gasteiger partial charge in [0.1, 0.15) is 5.82 Å². The summed E-state index contributed by atoms with van der Waals surface area (Å²) in [4.78, 5) is 0. The van der Waals surface area contributed by atoms with Crippen molar-refractivity contribution in [2.75, 3.05) is 7.05 Å². The second kappa shape index (κ2) is 4.79. The van der Waals surface area contributed by atoms with Crippen LogP contribution in [0.25, 0.3) is 0 Å². The molecule has 1 aliphatic carbocycles. The molecule has 1 unspecified atom stereocenters. The predicted molar refractivity (Wildman–Crippen MR) is 64.9 cm³/mol. The Morgan fingerprint density at radius 2 is 2.19 bits per heavy atom. The highest BCUT2D eigenvalue weighted by molar-refractivity contribution is 5.33. The van der Waals surface area contributed by atoms with Crippen molar-refractivity contribution in [1.29, 1.82) is 0 Å². The van der Waals surface area contributed by atoms with Crippen molar-refractivity contribution in [2.45, 2.75) is 32.2 Å². The van der Waals surface area contributed by atoms with E-state index in [-0.39, 0.29) is 11.9 Å². The van der Waals surface area contributed by atoms with Gasteiger partial charge in [-0.25, -0.2) is 4.39 Å². The standard InChI is InChI=1S/C14H18FN/c1-10-7-8-12(13(15)9-10)14(16-2)11-5-3-4-6-11/h5,7-9,14,16H,3-4,6H2,1-2H3. The first-order valence-electron chi connectivity index (χ1n) is 5.84. The molecule has 0 aliphatic heterocycles. The van der Waals surface area contributed by atoms with E-state index in [1.54, 1.807) is 6.07 Å². The number of aryl methyl sites for hydroxylation is 1. The fourth-order valence-electron chi connectivity index (χ4n) is 2.36. The summed E-state index contributed by atoms with van der Waals surface area (Å²) in [5.41, 5.74) is 3.06. The average Bonchev–Trinajstić information content (AvgIpc) is 2.75. The lowest BCUT2D eigenvalue weighted by Crippen LogP contribution is -2.19. The maximum atomic E-state index is 13.9. The summed E-state index contributed by atoms with van der Waals surface area (Å²) in [5.74, 6) is -0.104. The van der Waals surface area contributed by atoms with E-state index in [4.69, 9.17) is 0 Å². The van der Waals surface area contributed by atoms with Crippen molar-refractivity contribution in [3.63, 3.8) is 0 Å². The molecule has 86 valence electrons. The Morgan fingerprint density at radius 3 is 2.75 bits per heavy atom. The Bertz CT molecular complexity index is 409. The predicted octanol–water partition coefficient (Wildman–Crippen LogP) is 3.50. The van der Waals surface area contributed by atoms with E-state index in [1.165, 1.54) is 12.0 Å². The number of rotatable bonds is 3. The van der Waals surface area contributed by atoms with Gasteiger partial charge >= 0.3 is 0 Å². The van der Waals surface area contributed by atoms with Gasteiger partial charge in [0.15, 0.2) is 0 Å². The van der Waals surface area contributed by atoms with E-state index >= 15 is 0 Å². The molecule has 2 heteroatoms. The lowest BCUT2D eigenvalue weighted by atomic mass is 9.97. The number of hydrogen-bond acceptors (Lipinski definition) is 1. The van der Waals surface area contributed by atoms with Gasteiger partial charge in [-0.3, -0.25) is 0 Å². The highest BCUT2D eigenvalue weighted by Gasteiger charge is 2.20. The third-order valence-corrected chi connectivity index (χ3v) is 3.20. The van der Waals surface area contributed by atoms with Crippen molar-refractivity contribution >= 4 is 0 Å². The quantitative estimate of drug-likeness (QED) is 0.767. The van der Waals surface area contributed by atoms with Crippen LogP contribution >= 0.6 is 0 Å². The van der Waals surface area contributed by atoms with E-state index in [2.05, 4.69) is 11.4 Å². The smallest absolute Gasteiger partial charge is 0.128 e. The Balaban J connectivity index is 2.32. The first-order valence-corrected chi connectivity index (χ1v) is 5.84. The Labute approximate surface area is 96.4 Å². The molecule has 0 saturated heterocycles. The SMILES string of the molecule is CNC(C1=CCCC1)c1ccc(C)cc1F. The maximum absolute atomic E-state index is 13.9. The monoisotopic (exact) mass is 219 g/mol. The Morgan fingerprint density at radius 1 is 1.38 bits per heavy atom. The molecule has 0 amide bonds. The minimum absolute atomic E-state index is 0.0445. The summed E-state index contributed by atoms with van der Waals surface area (Å²) in [7, 11) is 1.89. The van der Waals surface area contributed by atoms with Crippen LogP contribution < -0.4 is 5.32 Å². The van der Waals surface area contributed by atoms with Crippen molar-refractivity contribution in [3.05, 3.63) is 46.8 Å². The highest BCUT2D eigenvalue weighted by atomic mass is 19.1. The van der Waals surface area contributed by atoms with Crippen LogP contribution in [0.2, 0.25) is 0 Å². The van der Waals surface area contributed by atoms with Crippen LogP contribution in [0, 0.1) is 12.7 Å². The molecule has 0 bridgehead atoms. The minimum atomic E-state index is -0.104. The summed E-state index contributed by atoms with van der Waals surface area (Å²) < 4.78 is 13.9. The van der Waals surface area contributed by atoms with Gasteiger partial charge in [0.2, 0.25) is 0 Å². The zero-order valence-corrected chi connectivity index (χ0v) is 9.89. The van der Waals surface area contributed by atoms with Gasteiger partial charge in [0.25, 0.3) is 0 Å². The lowest BCUT2D eigenvalue weighted by molar-refractivity contribution is 0.565. The third kappa shape index (κ3) is 2.17. The molecule has 0 spiro atoms. The van der Waals surface area contributed by atoms with Gasteiger partial charge in [0, 0.05) is 5.56 Å². The van der Waals surface area contributed by atoms with Gasteiger partial charge in [0.05, 0.1) is 6.04 Å². The van der Waals surface area contributed by atoms with E-state index in [0.717, 1.165) is 24.0 Å². The van der Waals surface area contributed by atoms with E-state index in [9.17, 15) is 4.39 Å². The zero-order valence-electron chi connectivity index (χ0n) is 9.89. The number of hydrogen-bond donors (Lipinski definition) is 1. The topological polar surface area (TPSA) is 12.0 Å². The molecule has 1 nitrogen and oxygen atoms in total. The summed E-state index contributed by atoms with van der Waals surface area (Å²) in [6.45, 7) is 1.91. The van der Waals surface area contributed by atoms with Crippen LogP contribution in [0.15, 0.2) is 29.8 Å². The van der Waals surface area contributed by atoms with Gasteiger partial charge in [-0.05, 0) is 44.9 Å². The molecular formula is C14H18FN. The normalized spacial score (nSPS) is 17.3. The van der Waals surface area contributed by atoms with Crippen molar-refractivity contribution in [2.24, 2.45) is 0 Å². The van der Waals surface area contributed by atoms with Gasteiger partial charge in [-0.1, -0.05) is 23.8 Å². The maximum Gasteiger partial charge on any atom is 0.128 e. The minimum Gasteiger partial charge on any atom is -0.310 e. The summed E-state index contributed by atoms with van der Waals surface area (Å²) in [6.07, 6.45) is 5.64. The van der Waals surface area contributed by atoms with Gasteiger partial charge in [-0.2, -0.15) is 0 Å². The van der Waals surface area contributed by atoms with Crippen LogP contribution in [0.1, 0.15) is 36.4 Å². The molecule has 1 aliphatic rings. The van der Waals surface area contributed by atoms with Gasteiger partial charge < -0.3 is 5.32 Å². The molecule has 0 aromatic heterocycles. The van der Waals surface area contributed by atoms with Crippen LogP contribution in [0.5, 0.6) is 0 Å². The van der Waals surface area contributed by atoms with Crippen molar-refractivity contribution < 1.29 is 4.39 Å². The van der Waals surface area contributed by atoms with E-state index in [1.807, 2.05) is 26.1 Å². The Kier molecular flexibility index (Phi) is 3.39. The molecule has 1 N–H and O–H groups in total. The highest BCUT2D eigenvalue weighted by Crippen LogP contribution is 2.31. The molecule has 16 heavy (non-hydrogen) atoms. The number of nitrogens with one attached hydrogen (secondary N) is 1. The fourth-order valence-corrected chi connectivity index (χ4v) is 2.36. The number of halogens is 1. The number of allylic oxidation sites excluding steroid dienone is 1. The molecule has 1 atom stereocenters. The van der Waals surface area contributed by atoms with Crippen LogP contribution in [0.3, 0.4) is 0 Å². The van der Waals surface area contributed by atoms with E-state index in [0.29, 0.717) is 0 Å². The molecule has 0 heterocycles. The summed E-state index contributed by atoms with van der Waals surface area (Å²) >= 11 is 0. The lowest BCUT2D eigenvalue weighted by Gasteiger charge is -2.19. The van der Waals surface area contributed by atoms with Crippen molar-refractivity contribution in [3.8, 4) is 0 Å². The molecule has 1 aromatic carbocycles. The molecule has 0 radical (unpaired) electrons. The van der Waals surface area contributed by atoms with Crippen LogP contribution in [-0.2, 0) is 0 Å². The second-order valence-corrected chi connectivity index (χ2v) is 4.42. The first-order chi connectivity index (χ1) is 7.72. The molecule has 0 saturated carbocycles. The van der Waals surface area contributed by atoms with Gasteiger partial charge in [-0.15, -0.1) is 0 Å². The van der Waals surface area contributed by atoms with Crippen LogP contribution in [0.4, 0.5) is 4.39 Å². The molecule has 0 fully saturated rings. The average molecular weight is 219 g/mol. The Hall–Kier alpha value is -1.15. The first kappa shape index (κ1) is 11.3. The fraction of sp³-hybridized carbons (Fsp3) is 0.429. The molecule has 1 aromatic rings. The molecular weight excluding hydrogens is 201 g/mol. The van der Waals surface area contributed by atoms with Crippen molar-refractivity contribution in [1.82, 2.24) is 5.32 Å². The second-order valence-electron chi connectivity index (χ2n) is 4.42. The van der Waals surface area contributed by atoms with E-state index < -0.39 is 0 Å². The number of likely N-dealkylation sites (N-methyl/N-ethyl adjacent to an activating group) is 1.